The second-order valence-electron chi connectivity index (χ2n) is 5.43. The minimum Gasteiger partial charge on any atom is -0.462 e. The van der Waals surface area contributed by atoms with Crippen LogP contribution in [0.3, 0.4) is 0 Å². The maximum absolute atomic E-state index is 12.3. The SMILES string of the molecule is CCOC(=O)c1cc2c3ccccc3n(C)c2cc1C(=O)OCC. The Morgan fingerprint density at radius 2 is 1.46 bits per heavy atom. The van der Waals surface area contributed by atoms with Crippen LogP contribution in [0.15, 0.2) is 36.4 Å². The fourth-order valence-corrected chi connectivity index (χ4v) is 2.96. The van der Waals surface area contributed by atoms with Gasteiger partial charge in [-0.25, -0.2) is 9.59 Å². The van der Waals surface area contributed by atoms with Crippen molar-refractivity contribution in [3.63, 3.8) is 0 Å². The first-order chi connectivity index (χ1) is 11.6. The van der Waals surface area contributed by atoms with Crippen molar-refractivity contribution >= 4 is 33.7 Å². The van der Waals surface area contributed by atoms with Gasteiger partial charge in [-0.2, -0.15) is 0 Å². The fourth-order valence-electron chi connectivity index (χ4n) is 2.96. The van der Waals surface area contributed by atoms with E-state index in [1.165, 1.54) is 0 Å². The van der Waals surface area contributed by atoms with E-state index in [0.717, 1.165) is 21.8 Å². The number of hydrogen-bond acceptors (Lipinski definition) is 4. The predicted molar refractivity (Wildman–Crippen MR) is 92.3 cm³/mol. The summed E-state index contributed by atoms with van der Waals surface area (Å²) in [6.45, 7) is 3.96. The first kappa shape index (κ1) is 16.1. The molecule has 5 nitrogen and oxygen atoms in total. The zero-order chi connectivity index (χ0) is 17.3. The smallest absolute Gasteiger partial charge is 0.339 e. The summed E-state index contributed by atoms with van der Waals surface area (Å²) in [7, 11) is 1.93. The van der Waals surface area contributed by atoms with Crippen molar-refractivity contribution in [2.45, 2.75) is 13.8 Å². The van der Waals surface area contributed by atoms with Crippen LogP contribution in [0.5, 0.6) is 0 Å². The van der Waals surface area contributed by atoms with Crippen molar-refractivity contribution in [1.82, 2.24) is 4.57 Å². The normalized spacial score (nSPS) is 11.0. The van der Waals surface area contributed by atoms with Crippen LogP contribution in [0, 0.1) is 0 Å². The summed E-state index contributed by atoms with van der Waals surface area (Å²) in [5.41, 5.74) is 2.36. The van der Waals surface area contributed by atoms with Gasteiger partial charge in [-0.05, 0) is 32.0 Å². The highest BCUT2D eigenvalue weighted by atomic mass is 16.5. The number of nitrogens with zero attached hydrogens (tertiary/aromatic N) is 1. The second kappa shape index (κ2) is 6.35. The van der Waals surface area contributed by atoms with Gasteiger partial charge in [0, 0.05) is 28.9 Å². The molecular weight excluding hydrogens is 306 g/mol. The molecule has 2 aromatic carbocycles. The number of para-hydroxylation sites is 1. The maximum Gasteiger partial charge on any atom is 0.339 e. The first-order valence-corrected chi connectivity index (χ1v) is 7.93. The molecule has 0 unspecified atom stereocenters. The van der Waals surface area contributed by atoms with E-state index in [4.69, 9.17) is 9.47 Å². The van der Waals surface area contributed by atoms with E-state index >= 15 is 0 Å². The van der Waals surface area contributed by atoms with Gasteiger partial charge in [0.25, 0.3) is 0 Å². The Balaban J connectivity index is 2.33. The average molecular weight is 325 g/mol. The van der Waals surface area contributed by atoms with Crippen molar-refractivity contribution in [3.8, 4) is 0 Å². The van der Waals surface area contributed by atoms with E-state index in [1.54, 1.807) is 26.0 Å². The van der Waals surface area contributed by atoms with E-state index < -0.39 is 11.9 Å². The van der Waals surface area contributed by atoms with Gasteiger partial charge in [-0.3, -0.25) is 0 Å². The van der Waals surface area contributed by atoms with Gasteiger partial charge >= 0.3 is 11.9 Å². The summed E-state index contributed by atoms with van der Waals surface area (Å²) >= 11 is 0. The van der Waals surface area contributed by atoms with Gasteiger partial charge in [0.1, 0.15) is 0 Å². The lowest BCUT2D eigenvalue weighted by molar-refractivity contribution is 0.0479. The molecule has 0 amide bonds. The van der Waals surface area contributed by atoms with Crippen molar-refractivity contribution in [1.29, 1.82) is 0 Å². The van der Waals surface area contributed by atoms with Crippen molar-refractivity contribution < 1.29 is 19.1 Å². The van der Waals surface area contributed by atoms with E-state index in [9.17, 15) is 9.59 Å². The van der Waals surface area contributed by atoms with Crippen molar-refractivity contribution in [2.75, 3.05) is 13.2 Å². The molecule has 0 radical (unpaired) electrons. The molecular formula is C19H19NO4. The molecule has 0 aliphatic carbocycles. The molecule has 1 heterocycles. The van der Waals surface area contributed by atoms with Crippen LogP contribution in [0.4, 0.5) is 0 Å². The van der Waals surface area contributed by atoms with E-state index in [1.807, 2.05) is 35.9 Å². The minimum absolute atomic E-state index is 0.230. The van der Waals surface area contributed by atoms with Crippen molar-refractivity contribution in [3.05, 3.63) is 47.5 Å². The Bertz CT molecular complexity index is 939. The van der Waals surface area contributed by atoms with Crippen LogP contribution < -0.4 is 0 Å². The average Bonchev–Trinajstić information content (AvgIpc) is 2.87. The summed E-state index contributed by atoms with van der Waals surface area (Å²) in [5.74, 6) is -1.04. The van der Waals surface area contributed by atoms with Crippen LogP contribution in [-0.4, -0.2) is 29.7 Å². The zero-order valence-electron chi connectivity index (χ0n) is 14.0. The molecule has 24 heavy (non-hydrogen) atoms. The number of carbonyl (C=O) groups excluding carboxylic acids is 2. The number of esters is 2. The van der Waals surface area contributed by atoms with E-state index in [2.05, 4.69) is 0 Å². The van der Waals surface area contributed by atoms with Gasteiger partial charge < -0.3 is 14.0 Å². The number of benzene rings is 2. The topological polar surface area (TPSA) is 57.5 Å². The zero-order valence-corrected chi connectivity index (χ0v) is 14.0. The highest BCUT2D eigenvalue weighted by Crippen LogP contribution is 2.31. The molecule has 0 spiro atoms. The molecule has 0 fully saturated rings. The molecule has 5 heteroatoms. The lowest BCUT2D eigenvalue weighted by atomic mass is 10.0. The molecule has 0 aliphatic heterocycles. The number of ether oxygens (including phenoxy) is 2. The maximum atomic E-state index is 12.3. The van der Waals surface area contributed by atoms with Gasteiger partial charge in [0.05, 0.1) is 24.3 Å². The van der Waals surface area contributed by atoms with Crippen LogP contribution in [0.1, 0.15) is 34.6 Å². The van der Waals surface area contributed by atoms with E-state index in [-0.39, 0.29) is 24.3 Å². The summed E-state index contributed by atoms with van der Waals surface area (Å²) in [6, 6.07) is 11.3. The lowest BCUT2D eigenvalue weighted by Crippen LogP contribution is -2.14. The van der Waals surface area contributed by atoms with Crippen molar-refractivity contribution in [2.24, 2.45) is 7.05 Å². The number of carbonyl (C=O) groups is 2. The molecule has 0 aliphatic rings. The summed E-state index contributed by atoms with van der Waals surface area (Å²) in [6.07, 6.45) is 0. The first-order valence-electron chi connectivity index (χ1n) is 7.93. The van der Waals surface area contributed by atoms with Gasteiger partial charge in [0.2, 0.25) is 0 Å². The molecule has 0 atom stereocenters. The third-order valence-electron chi connectivity index (χ3n) is 4.04. The molecule has 0 N–H and O–H groups in total. The van der Waals surface area contributed by atoms with Crippen LogP contribution in [-0.2, 0) is 16.5 Å². The molecule has 1 aromatic heterocycles. The quantitative estimate of drug-likeness (QED) is 0.687. The largest absolute Gasteiger partial charge is 0.462 e. The van der Waals surface area contributed by atoms with Crippen LogP contribution in [0.2, 0.25) is 0 Å². The Morgan fingerprint density at radius 3 is 2.08 bits per heavy atom. The van der Waals surface area contributed by atoms with E-state index in [0.29, 0.717) is 0 Å². The Kier molecular flexibility index (Phi) is 4.25. The second-order valence-corrected chi connectivity index (χ2v) is 5.43. The standard InChI is InChI=1S/C19H19NO4/c1-4-23-18(21)14-10-13-12-8-6-7-9-16(12)20(3)17(13)11-15(14)19(22)24-5-2/h6-11H,4-5H2,1-3H3. The van der Waals surface area contributed by atoms with Crippen LogP contribution >= 0.6 is 0 Å². The number of aryl methyl sites for hydroxylation is 1. The summed E-state index contributed by atoms with van der Waals surface area (Å²) in [4.78, 5) is 24.6. The molecule has 124 valence electrons. The monoisotopic (exact) mass is 325 g/mol. The number of aromatic nitrogens is 1. The van der Waals surface area contributed by atoms with Crippen LogP contribution in [0.25, 0.3) is 21.8 Å². The number of fused-ring (bicyclic) bond motifs is 3. The Labute approximate surface area is 139 Å². The summed E-state index contributed by atoms with van der Waals surface area (Å²) in [5, 5.41) is 1.93. The molecule has 0 bridgehead atoms. The molecule has 3 aromatic rings. The molecule has 0 saturated carbocycles. The predicted octanol–water partition coefficient (Wildman–Crippen LogP) is 3.68. The third-order valence-corrected chi connectivity index (χ3v) is 4.04. The van der Waals surface area contributed by atoms with Gasteiger partial charge in [0.15, 0.2) is 0 Å². The highest BCUT2D eigenvalue weighted by molar-refractivity contribution is 6.14. The molecule has 3 rings (SSSR count). The van der Waals surface area contributed by atoms with Gasteiger partial charge in [-0.15, -0.1) is 0 Å². The lowest BCUT2D eigenvalue weighted by Gasteiger charge is -2.09. The molecule has 0 saturated heterocycles. The Morgan fingerprint density at radius 1 is 0.875 bits per heavy atom. The summed E-state index contributed by atoms with van der Waals surface area (Å²) < 4.78 is 12.2. The minimum atomic E-state index is -0.521. The van der Waals surface area contributed by atoms with Gasteiger partial charge in [-0.1, -0.05) is 18.2 Å². The third kappa shape index (κ3) is 2.52. The Hall–Kier alpha value is -2.82. The number of rotatable bonds is 4. The fraction of sp³-hybridized carbons (Fsp3) is 0.263. The number of hydrogen-bond donors (Lipinski definition) is 0. The highest BCUT2D eigenvalue weighted by Gasteiger charge is 2.22.